The molecule has 12 heteroatoms. The van der Waals surface area contributed by atoms with Crippen LogP contribution in [0.25, 0.3) is 0 Å². The monoisotopic (exact) mass is 411 g/mol. The van der Waals surface area contributed by atoms with Gasteiger partial charge in [-0.2, -0.15) is 0 Å². The van der Waals surface area contributed by atoms with Crippen LogP contribution in [-0.4, -0.2) is 63.4 Å². The van der Waals surface area contributed by atoms with E-state index in [1.54, 1.807) is 0 Å². The summed E-state index contributed by atoms with van der Waals surface area (Å²) < 4.78 is 0. The van der Waals surface area contributed by atoms with E-state index >= 15 is 0 Å². The lowest BCUT2D eigenvalue weighted by Gasteiger charge is -2.22. The van der Waals surface area contributed by atoms with Gasteiger partial charge in [0.25, 0.3) is 0 Å². The number of hydrogen-bond acceptors (Lipinski definition) is 7. The Balaban J connectivity index is 2.81. The molecule has 1 aromatic rings. The fourth-order valence-corrected chi connectivity index (χ4v) is 2.56. The normalized spacial score (nSPS) is 13.9. The van der Waals surface area contributed by atoms with Crippen molar-refractivity contribution in [2.75, 3.05) is 6.54 Å². The maximum absolute atomic E-state index is 12.7. The van der Waals surface area contributed by atoms with Crippen LogP contribution in [0.1, 0.15) is 37.8 Å². The van der Waals surface area contributed by atoms with Crippen LogP contribution in [0.3, 0.4) is 0 Å². The molecule has 0 saturated carbocycles. The first-order valence-electron chi connectivity index (χ1n) is 9.29. The lowest BCUT2D eigenvalue weighted by Crippen LogP contribution is -2.55. The first-order valence-corrected chi connectivity index (χ1v) is 9.29. The maximum Gasteiger partial charge on any atom is 0.326 e. The van der Waals surface area contributed by atoms with Gasteiger partial charge < -0.3 is 37.9 Å². The zero-order valence-corrected chi connectivity index (χ0v) is 16.1. The lowest BCUT2D eigenvalue weighted by atomic mass is 10.1. The summed E-state index contributed by atoms with van der Waals surface area (Å²) in [5.41, 5.74) is 16.8. The highest BCUT2D eigenvalue weighted by atomic mass is 16.4. The molecule has 0 spiro atoms. The Morgan fingerprint density at radius 1 is 1.10 bits per heavy atom. The summed E-state index contributed by atoms with van der Waals surface area (Å²) in [6.45, 7) is 0.419. The smallest absolute Gasteiger partial charge is 0.326 e. The number of aromatic nitrogens is 2. The SMILES string of the molecule is NCCCC[C@H](NC(=O)[C@H](Cc1cnc[nH]1)NC(=O)[C@@H](N)CCC(N)=O)C(=O)O. The van der Waals surface area contributed by atoms with Gasteiger partial charge in [-0.25, -0.2) is 9.78 Å². The van der Waals surface area contributed by atoms with Crippen LogP contribution in [0.2, 0.25) is 0 Å². The Bertz CT molecular complexity index is 680. The average molecular weight is 411 g/mol. The van der Waals surface area contributed by atoms with E-state index in [4.69, 9.17) is 17.2 Å². The molecule has 162 valence electrons. The molecule has 0 fully saturated rings. The Kier molecular flexibility index (Phi) is 10.3. The Morgan fingerprint density at radius 2 is 1.79 bits per heavy atom. The highest BCUT2D eigenvalue weighted by Crippen LogP contribution is 2.05. The molecule has 0 saturated heterocycles. The maximum atomic E-state index is 12.7. The van der Waals surface area contributed by atoms with Crippen LogP contribution >= 0.6 is 0 Å². The van der Waals surface area contributed by atoms with E-state index in [0.29, 0.717) is 25.1 Å². The number of carbonyl (C=O) groups is 4. The fourth-order valence-electron chi connectivity index (χ4n) is 2.56. The summed E-state index contributed by atoms with van der Waals surface area (Å²) in [6, 6.07) is -3.24. The van der Waals surface area contributed by atoms with Gasteiger partial charge in [-0.15, -0.1) is 0 Å². The van der Waals surface area contributed by atoms with E-state index in [0.717, 1.165) is 0 Å². The second kappa shape index (κ2) is 12.5. The molecule has 1 aromatic heterocycles. The van der Waals surface area contributed by atoms with Gasteiger partial charge in [-0.1, -0.05) is 0 Å². The minimum atomic E-state index is -1.18. The minimum absolute atomic E-state index is 0.0242. The van der Waals surface area contributed by atoms with Gasteiger partial charge in [0.1, 0.15) is 12.1 Å². The first kappa shape index (κ1) is 24.0. The summed E-state index contributed by atoms with van der Waals surface area (Å²) in [5.74, 6) is -3.10. The third-order valence-corrected chi connectivity index (χ3v) is 4.21. The predicted molar refractivity (Wildman–Crippen MR) is 103 cm³/mol. The molecular formula is C17H29N7O5. The molecule has 0 aromatic carbocycles. The van der Waals surface area contributed by atoms with Gasteiger partial charge in [0.05, 0.1) is 12.4 Å². The van der Waals surface area contributed by atoms with E-state index in [9.17, 15) is 24.3 Å². The van der Waals surface area contributed by atoms with Gasteiger partial charge in [-0.05, 0) is 32.2 Å². The summed E-state index contributed by atoms with van der Waals surface area (Å²) in [7, 11) is 0. The quantitative estimate of drug-likeness (QED) is 0.165. The molecule has 1 heterocycles. The van der Waals surface area contributed by atoms with Crippen molar-refractivity contribution < 1.29 is 24.3 Å². The average Bonchev–Trinajstić information content (AvgIpc) is 3.17. The number of nitrogens with two attached hydrogens (primary N) is 3. The van der Waals surface area contributed by atoms with Crippen LogP contribution in [0.4, 0.5) is 0 Å². The van der Waals surface area contributed by atoms with E-state index in [2.05, 4.69) is 20.6 Å². The zero-order valence-electron chi connectivity index (χ0n) is 16.1. The van der Waals surface area contributed by atoms with Crippen molar-refractivity contribution in [3.63, 3.8) is 0 Å². The van der Waals surface area contributed by atoms with E-state index < -0.39 is 41.8 Å². The first-order chi connectivity index (χ1) is 13.7. The molecule has 0 bridgehead atoms. The van der Waals surface area contributed by atoms with Crippen LogP contribution in [0.15, 0.2) is 12.5 Å². The Labute approximate surface area is 168 Å². The molecule has 0 unspecified atom stereocenters. The third kappa shape index (κ3) is 9.17. The molecule has 0 aliphatic rings. The molecule has 3 amide bonds. The number of aliphatic carboxylic acids is 1. The number of unbranched alkanes of at least 4 members (excludes halogenated alkanes) is 1. The number of carbonyl (C=O) groups excluding carboxylic acids is 3. The molecule has 29 heavy (non-hydrogen) atoms. The van der Waals surface area contributed by atoms with Crippen LogP contribution in [0, 0.1) is 0 Å². The number of imidazole rings is 1. The number of nitrogens with one attached hydrogen (secondary N) is 3. The van der Waals surface area contributed by atoms with Crippen molar-refractivity contribution in [2.24, 2.45) is 17.2 Å². The molecule has 0 aliphatic heterocycles. The predicted octanol–water partition coefficient (Wildman–Crippen LogP) is -2.27. The molecule has 0 radical (unpaired) electrons. The number of amides is 3. The van der Waals surface area contributed by atoms with E-state index in [-0.39, 0.29) is 25.7 Å². The second-order valence-electron chi connectivity index (χ2n) is 6.64. The molecule has 3 atom stereocenters. The fraction of sp³-hybridized carbons (Fsp3) is 0.588. The number of primary amides is 1. The molecule has 1 rings (SSSR count). The van der Waals surface area contributed by atoms with Crippen molar-refractivity contribution in [2.45, 2.75) is 56.7 Å². The molecule has 12 nitrogen and oxygen atoms in total. The van der Waals surface area contributed by atoms with E-state index in [1.165, 1.54) is 12.5 Å². The third-order valence-electron chi connectivity index (χ3n) is 4.21. The standard InChI is InChI=1S/C17H29N7O5/c18-6-2-1-3-12(17(28)29)23-16(27)13(7-10-8-21-9-22-10)24-15(26)11(19)4-5-14(20)25/h8-9,11-13H,1-7,18-19H2,(H2,20,25)(H,21,22)(H,23,27)(H,24,26)(H,28,29)/t11-,12-,13-/m0/s1. The number of hydrogen-bond donors (Lipinski definition) is 7. The van der Waals surface area contributed by atoms with Crippen LogP contribution in [0.5, 0.6) is 0 Å². The number of carboxylic acids is 1. The molecule has 0 aliphatic carbocycles. The Morgan fingerprint density at radius 3 is 2.34 bits per heavy atom. The van der Waals surface area contributed by atoms with Crippen LogP contribution < -0.4 is 27.8 Å². The van der Waals surface area contributed by atoms with Crippen molar-refractivity contribution in [3.05, 3.63) is 18.2 Å². The summed E-state index contributed by atoms with van der Waals surface area (Å²) in [4.78, 5) is 53.9. The van der Waals surface area contributed by atoms with Crippen molar-refractivity contribution >= 4 is 23.7 Å². The number of H-pyrrole nitrogens is 1. The highest BCUT2D eigenvalue weighted by Gasteiger charge is 2.28. The molecule has 10 N–H and O–H groups in total. The van der Waals surface area contributed by atoms with Gasteiger partial charge in [0.2, 0.25) is 17.7 Å². The number of aromatic amines is 1. The van der Waals surface area contributed by atoms with Crippen LogP contribution in [-0.2, 0) is 25.6 Å². The van der Waals surface area contributed by atoms with Crippen molar-refractivity contribution in [1.82, 2.24) is 20.6 Å². The van der Waals surface area contributed by atoms with Gasteiger partial charge >= 0.3 is 5.97 Å². The number of nitrogens with zero attached hydrogens (tertiary/aromatic N) is 1. The van der Waals surface area contributed by atoms with Gasteiger partial charge in [0.15, 0.2) is 0 Å². The lowest BCUT2D eigenvalue weighted by molar-refractivity contribution is -0.142. The van der Waals surface area contributed by atoms with Crippen molar-refractivity contribution in [1.29, 1.82) is 0 Å². The largest absolute Gasteiger partial charge is 0.480 e. The topological polar surface area (TPSA) is 219 Å². The number of rotatable bonds is 14. The summed E-state index contributed by atoms with van der Waals surface area (Å²) in [6.07, 6.45) is 4.26. The van der Waals surface area contributed by atoms with Gasteiger partial charge in [-0.3, -0.25) is 14.4 Å². The summed E-state index contributed by atoms with van der Waals surface area (Å²) in [5, 5.41) is 14.3. The highest BCUT2D eigenvalue weighted by molar-refractivity contribution is 5.92. The van der Waals surface area contributed by atoms with Crippen molar-refractivity contribution in [3.8, 4) is 0 Å². The minimum Gasteiger partial charge on any atom is -0.480 e. The summed E-state index contributed by atoms with van der Waals surface area (Å²) >= 11 is 0. The zero-order chi connectivity index (χ0) is 21.8. The second-order valence-corrected chi connectivity index (χ2v) is 6.64. The van der Waals surface area contributed by atoms with Gasteiger partial charge in [0, 0.05) is 24.7 Å². The Hall–Kier alpha value is -2.99. The van der Waals surface area contributed by atoms with E-state index in [1.807, 2.05) is 0 Å². The molecular weight excluding hydrogens is 382 g/mol. The number of carboxylic acid groups (broad SMARTS) is 1.